The highest BCUT2D eigenvalue weighted by Gasteiger charge is 2.30. The van der Waals surface area contributed by atoms with Gasteiger partial charge in [-0.15, -0.1) is 6.58 Å². The third-order valence-corrected chi connectivity index (χ3v) is 6.87. The van der Waals surface area contributed by atoms with E-state index in [1.165, 1.54) is 0 Å². The Morgan fingerprint density at radius 3 is 2.25 bits per heavy atom. The minimum absolute atomic E-state index is 0.0211. The van der Waals surface area contributed by atoms with Gasteiger partial charge in [0.25, 0.3) is 5.91 Å². The Kier molecular flexibility index (Phi) is 8.25. The number of carbonyl (C=O) groups excluding carboxylic acids is 3. The molecule has 2 aliphatic rings. The molecule has 1 saturated heterocycles. The van der Waals surface area contributed by atoms with E-state index in [4.69, 9.17) is 4.74 Å². The summed E-state index contributed by atoms with van der Waals surface area (Å²) in [5, 5.41) is 2.89. The summed E-state index contributed by atoms with van der Waals surface area (Å²) in [6.45, 7) is 6.83. The molecule has 1 saturated carbocycles. The molecule has 1 aliphatic carbocycles. The lowest BCUT2D eigenvalue weighted by molar-refractivity contribution is -0.140. The van der Waals surface area contributed by atoms with Crippen molar-refractivity contribution in [3.63, 3.8) is 0 Å². The number of nitrogens with zero attached hydrogens (tertiary/aromatic N) is 3. The van der Waals surface area contributed by atoms with Crippen molar-refractivity contribution >= 4 is 29.1 Å². The molecule has 2 aromatic rings. The number of amides is 3. The van der Waals surface area contributed by atoms with Crippen molar-refractivity contribution in [3.05, 3.63) is 66.7 Å². The summed E-state index contributed by atoms with van der Waals surface area (Å²) in [6.07, 6.45) is 4.53. The maximum atomic E-state index is 12.8. The maximum Gasteiger partial charge on any atom is 0.253 e. The summed E-state index contributed by atoms with van der Waals surface area (Å²) in [7, 11) is 1.60. The monoisotopic (exact) mass is 490 g/mol. The van der Waals surface area contributed by atoms with E-state index >= 15 is 0 Å². The third kappa shape index (κ3) is 6.05. The predicted octanol–water partition coefficient (Wildman–Crippen LogP) is 3.41. The number of methoxy groups -OCH3 is 1. The molecule has 1 aliphatic heterocycles. The number of rotatable bonds is 9. The van der Waals surface area contributed by atoms with Crippen molar-refractivity contribution in [3.8, 4) is 5.75 Å². The first kappa shape index (κ1) is 25.3. The zero-order valence-electron chi connectivity index (χ0n) is 20.8. The van der Waals surface area contributed by atoms with E-state index in [-0.39, 0.29) is 30.2 Å². The van der Waals surface area contributed by atoms with Gasteiger partial charge in [0, 0.05) is 55.6 Å². The largest absolute Gasteiger partial charge is 0.497 e. The molecule has 2 aromatic carbocycles. The Morgan fingerprint density at radius 2 is 1.69 bits per heavy atom. The van der Waals surface area contributed by atoms with E-state index in [0.717, 1.165) is 43.8 Å². The van der Waals surface area contributed by atoms with Crippen LogP contribution in [0.2, 0.25) is 0 Å². The number of hydrogen-bond donors (Lipinski definition) is 1. The van der Waals surface area contributed by atoms with Crippen LogP contribution in [0.4, 0.5) is 11.4 Å². The second-order valence-corrected chi connectivity index (χ2v) is 9.24. The number of hydrogen-bond acceptors (Lipinski definition) is 5. The first-order valence-electron chi connectivity index (χ1n) is 12.5. The lowest BCUT2D eigenvalue weighted by atomic mass is 9.84. The molecule has 2 fully saturated rings. The van der Waals surface area contributed by atoms with Crippen LogP contribution in [-0.2, 0) is 9.59 Å². The quantitative estimate of drug-likeness (QED) is 0.545. The molecule has 0 spiro atoms. The van der Waals surface area contributed by atoms with Gasteiger partial charge in [0.2, 0.25) is 11.8 Å². The Balaban J connectivity index is 1.27. The second-order valence-electron chi connectivity index (χ2n) is 9.24. The van der Waals surface area contributed by atoms with E-state index in [1.807, 2.05) is 29.2 Å². The molecule has 190 valence electrons. The molecule has 0 aromatic heterocycles. The first-order valence-corrected chi connectivity index (χ1v) is 12.5. The van der Waals surface area contributed by atoms with Crippen LogP contribution < -0.4 is 15.0 Å². The Hall–Kier alpha value is -3.81. The summed E-state index contributed by atoms with van der Waals surface area (Å²) < 4.78 is 5.16. The Labute approximate surface area is 212 Å². The van der Waals surface area contributed by atoms with Crippen molar-refractivity contribution in [1.82, 2.24) is 9.80 Å². The number of carbonyl (C=O) groups is 3. The average Bonchev–Trinajstić information content (AvgIpc) is 2.87. The van der Waals surface area contributed by atoms with E-state index in [2.05, 4.69) is 16.8 Å². The van der Waals surface area contributed by atoms with Crippen LogP contribution in [0.15, 0.2) is 61.2 Å². The maximum absolute atomic E-state index is 12.8. The molecule has 1 N–H and O–H groups in total. The van der Waals surface area contributed by atoms with E-state index < -0.39 is 0 Å². The summed E-state index contributed by atoms with van der Waals surface area (Å²) in [6, 6.07) is 14.9. The van der Waals surface area contributed by atoms with Crippen molar-refractivity contribution < 1.29 is 19.1 Å². The van der Waals surface area contributed by atoms with Crippen molar-refractivity contribution in [2.24, 2.45) is 5.92 Å². The van der Waals surface area contributed by atoms with Crippen LogP contribution in [0.1, 0.15) is 29.6 Å². The fraction of sp³-hybridized carbons (Fsp3) is 0.393. The Bertz CT molecular complexity index is 1070. The van der Waals surface area contributed by atoms with Crippen molar-refractivity contribution in [1.29, 1.82) is 0 Å². The minimum atomic E-state index is -0.220. The van der Waals surface area contributed by atoms with Gasteiger partial charge in [-0.05, 0) is 61.4 Å². The molecule has 4 rings (SSSR count). The fourth-order valence-corrected chi connectivity index (χ4v) is 4.52. The van der Waals surface area contributed by atoms with Gasteiger partial charge in [0.15, 0.2) is 0 Å². The van der Waals surface area contributed by atoms with Crippen LogP contribution in [0.5, 0.6) is 5.75 Å². The molecule has 0 unspecified atom stereocenters. The molecule has 8 heteroatoms. The topological polar surface area (TPSA) is 82.2 Å². The highest BCUT2D eigenvalue weighted by molar-refractivity contribution is 5.95. The van der Waals surface area contributed by atoms with E-state index in [0.29, 0.717) is 30.9 Å². The van der Waals surface area contributed by atoms with Gasteiger partial charge in [-0.3, -0.25) is 14.4 Å². The van der Waals surface area contributed by atoms with Crippen LogP contribution in [0, 0.1) is 5.92 Å². The van der Waals surface area contributed by atoms with Crippen molar-refractivity contribution in [2.45, 2.75) is 19.3 Å². The van der Waals surface area contributed by atoms with Gasteiger partial charge in [0.1, 0.15) is 12.3 Å². The summed E-state index contributed by atoms with van der Waals surface area (Å²) in [4.78, 5) is 43.6. The highest BCUT2D eigenvalue weighted by Crippen LogP contribution is 2.28. The lowest BCUT2D eigenvalue weighted by Crippen LogP contribution is -2.48. The lowest BCUT2D eigenvalue weighted by Gasteiger charge is -2.36. The van der Waals surface area contributed by atoms with Gasteiger partial charge in [-0.25, -0.2) is 0 Å². The molecule has 0 atom stereocenters. The number of benzene rings is 2. The van der Waals surface area contributed by atoms with Crippen LogP contribution >= 0.6 is 0 Å². The molecular weight excluding hydrogens is 456 g/mol. The highest BCUT2D eigenvalue weighted by atomic mass is 16.5. The van der Waals surface area contributed by atoms with Gasteiger partial charge in [-0.1, -0.05) is 12.5 Å². The van der Waals surface area contributed by atoms with Gasteiger partial charge < -0.3 is 24.8 Å². The van der Waals surface area contributed by atoms with Crippen LogP contribution in [-0.4, -0.2) is 73.9 Å². The van der Waals surface area contributed by atoms with E-state index in [1.54, 1.807) is 42.4 Å². The fourth-order valence-electron chi connectivity index (χ4n) is 4.52. The second kappa shape index (κ2) is 11.7. The van der Waals surface area contributed by atoms with Crippen LogP contribution in [0.3, 0.4) is 0 Å². The molecule has 1 heterocycles. The molecule has 36 heavy (non-hydrogen) atoms. The zero-order valence-corrected chi connectivity index (χ0v) is 20.8. The minimum Gasteiger partial charge on any atom is -0.497 e. The number of ether oxygens (including phenoxy) is 1. The molecule has 3 amide bonds. The SMILES string of the molecule is C=CCN(CC(=O)Nc1ccc(N2CCN(C(=O)c3ccc(OC)cc3)CC2)cc1)C(=O)C1CCC1. The van der Waals surface area contributed by atoms with E-state index in [9.17, 15) is 14.4 Å². The van der Waals surface area contributed by atoms with Gasteiger partial charge in [-0.2, -0.15) is 0 Å². The normalized spacial score (nSPS) is 15.6. The molecule has 0 radical (unpaired) electrons. The zero-order chi connectivity index (χ0) is 25.5. The molecular formula is C28H34N4O4. The number of anilines is 2. The summed E-state index contributed by atoms with van der Waals surface area (Å²) >= 11 is 0. The predicted molar refractivity (Wildman–Crippen MR) is 140 cm³/mol. The average molecular weight is 491 g/mol. The number of nitrogens with one attached hydrogen (secondary N) is 1. The third-order valence-electron chi connectivity index (χ3n) is 6.87. The molecule has 0 bridgehead atoms. The summed E-state index contributed by atoms with van der Waals surface area (Å²) in [5.74, 6) is 0.618. The van der Waals surface area contributed by atoms with Gasteiger partial charge >= 0.3 is 0 Å². The molecule has 8 nitrogen and oxygen atoms in total. The smallest absolute Gasteiger partial charge is 0.253 e. The first-order chi connectivity index (χ1) is 17.5. The van der Waals surface area contributed by atoms with Crippen molar-refractivity contribution in [2.75, 3.05) is 56.6 Å². The standard InChI is InChI=1S/C28H34N4O4/c1-3-15-32(28(35)21-5-4-6-21)20-26(33)29-23-9-11-24(12-10-23)30-16-18-31(19-17-30)27(34)22-7-13-25(36-2)14-8-22/h3,7-14,21H,1,4-6,15-20H2,2H3,(H,29,33). The Morgan fingerprint density at radius 1 is 1.03 bits per heavy atom. The summed E-state index contributed by atoms with van der Waals surface area (Å²) in [5.41, 5.74) is 2.38. The number of piperazine rings is 1. The van der Waals surface area contributed by atoms with Crippen LogP contribution in [0.25, 0.3) is 0 Å². The van der Waals surface area contributed by atoms with Gasteiger partial charge in [0.05, 0.1) is 7.11 Å².